The van der Waals surface area contributed by atoms with E-state index in [2.05, 4.69) is 15.9 Å². The highest BCUT2D eigenvalue weighted by atomic mass is 79.9. The molecule has 2 aromatic carbocycles. The summed E-state index contributed by atoms with van der Waals surface area (Å²) in [6, 6.07) is 14.5. The van der Waals surface area contributed by atoms with Crippen molar-refractivity contribution in [3.8, 4) is 0 Å². The first-order valence-corrected chi connectivity index (χ1v) is 7.26. The maximum Gasteiger partial charge on any atom is 0.258 e. The Hall–Kier alpha value is -2.20. The van der Waals surface area contributed by atoms with Gasteiger partial charge in [0.1, 0.15) is 0 Å². The second-order valence-electron chi connectivity index (χ2n) is 4.81. The van der Waals surface area contributed by atoms with Crippen LogP contribution in [0.5, 0.6) is 0 Å². The van der Waals surface area contributed by atoms with Crippen molar-refractivity contribution in [1.29, 1.82) is 0 Å². The summed E-state index contributed by atoms with van der Waals surface area (Å²) in [6.07, 6.45) is 1.42. The fourth-order valence-corrected chi connectivity index (χ4v) is 2.74. The number of anilines is 1. The van der Waals surface area contributed by atoms with Crippen LogP contribution in [-0.4, -0.2) is 18.7 Å². The molecule has 104 valence electrons. The van der Waals surface area contributed by atoms with Gasteiger partial charge >= 0.3 is 0 Å². The first kappa shape index (κ1) is 13.8. The Morgan fingerprint density at radius 2 is 1.86 bits per heavy atom. The Labute approximate surface area is 131 Å². The summed E-state index contributed by atoms with van der Waals surface area (Å²) < 4.78 is 0.877. The zero-order valence-corrected chi connectivity index (χ0v) is 12.9. The van der Waals surface area contributed by atoms with Crippen molar-refractivity contribution in [2.24, 2.45) is 0 Å². The number of amides is 1. The number of hydrogen-bond acceptors (Lipinski definition) is 2. The van der Waals surface area contributed by atoms with E-state index in [1.807, 2.05) is 24.3 Å². The molecule has 0 N–H and O–H groups in total. The number of carbonyl (C=O) groups is 2. The molecule has 0 atom stereocenters. The van der Waals surface area contributed by atoms with Crippen LogP contribution in [0.2, 0.25) is 0 Å². The number of halogens is 1. The molecule has 0 bridgehead atoms. The zero-order chi connectivity index (χ0) is 15.0. The molecule has 1 aliphatic rings. The van der Waals surface area contributed by atoms with E-state index in [9.17, 15) is 9.59 Å². The average Bonchev–Trinajstić information content (AvgIpc) is 2.73. The molecule has 1 heterocycles. The van der Waals surface area contributed by atoms with E-state index in [0.717, 1.165) is 15.7 Å². The SMILES string of the molecule is CN1C(=O)/C(=C/C(=O)c2ccccc2)c2cc(Br)ccc21. The maximum absolute atomic E-state index is 12.3. The Morgan fingerprint density at radius 1 is 1.14 bits per heavy atom. The average molecular weight is 342 g/mol. The third kappa shape index (κ3) is 2.43. The smallest absolute Gasteiger partial charge is 0.258 e. The Kier molecular flexibility index (Phi) is 3.47. The highest BCUT2D eigenvalue weighted by Crippen LogP contribution is 2.37. The van der Waals surface area contributed by atoms with Crippen LogP contribution in [-0.2, 0) is 4.79 Å². The molecule has 1 amide bonds. The van der Waals surface area contributed by atoms with Crippen molar-refractivity contribution >= 4 is 38.9 Å². The van der Waals surface area contributed by atoms with E-state index < -0.39 is 0 Å². The first-order valence-electron chi connectivity index (χ1n) is 6.47. The Morgan fingerprint density at radius 3 is 2.57 bits per heavy atom. The molecule has 0 spiro atoms. The van der Waals surface area contributed by atoms with E-state index in [1.165, 1.54) is 6.08 Å². The van der Waals surface area contributed by atoms with Crippen molar-refractivity contribution < 1.29 is 9.59 Å². The third-order valence-electron chi connectivity index (χ3n) is 3.48. The fourth-order valence-electron chi connectivity index (χ4n) is 2.38. The molecule has 0 saturated heterocycles. The number of rotatable bonds is 2. The molecule has 21 heavy (non-hydrogen) atoms. The lowest BCUT2D eigenvalue weighted by Gasteiger charge is -2.08. The molecule has 0 aromatic heterocycles. The van der Waals surface area contributed by atoms with Crippen LogP contribution in [0.1, 0.15) is 15.9 Å². The lowest BCUT2D eigenvalue weighted by Crippen LogP contribution is -2.20. The van der Waals surface area contributed by atoms with Crippen molar-refractivity contribution in [1.82, 2.24) is 0 Å². The second-order valence-corrected chi connectivity index (χ2v) is 5.73. The van der Waals surface area contributed by atoms with Crippen LogP contribution in [0.4, 0.5) is 5.69 Å². The zero-order valence-electron chi connectivity index (χ0n) is 11.3. The number of ketones is 1. The van der Waals surface area contributed by atoms with Crippen molar-refractivity contribution in [2.75, 3.05) is 11.9 Å². The molecule has 0 saturated carbocycles. The normalized spacial score (nSPS) is 15.4. The van der Waals surface area contributed by atoms with Crippen molar-refractivity contribution in [2.45, 2.75) is 0 Å². The second kappa shape index (κ2) is 5.30. The van der Waals surface area contributed by atoms with Crippen LogP contribution >= 0.6 is 15.9 Å². The number of fused-ring (bicyclic) bond motifs is 1. The standard InChI is InChI=1S/C17H12BrNO2/c1-19-15-8-7-12(18)9-13(15)14(17(19)21)10-16(20)11-5-3-2-4-6-11/h2-10H,1H3/b14-10+. The molecule has 0 radical (unpaired) electrons. The lowest BCUT2D eigenvalue weighted by atomic mass is 10.0. The largest absolute Gasteiger partial charge is 0.311 e. The first-order chi connectivity index (χ1) is 10.1. The topological polar surface area (TPSA) is 37.4 Å². The molecule has 0 fully saturated rings. The molecular formula is C17H12BrNO2. The van der Waals surface area contributed by atoms with E-state index in [-0.39, 0.29) is 11.7 Å². The number of hydrogen-bond donors (Lipinski definition) is 0. The summed E-state index contributed by atoms with van der Waals surface area (Å²) in [5.74, 6) is -0.326. The number of allylic oxidation sites excluding steroid dienone is 1. The molecule has 3 nitrogen and oxygen atoms in total. The van der Waals surface area contributed by atoms with E-state index >= 15 is 0 Å². The molecule has 2 aromatic rings. The molecule has 4 heteroatoms. The molecular weight excluding hydrogens is 330 g/mol. The van der Waals surface area contributed by atoms with Gasteiger partial charge in [-0.1, -0.05) is 46.3 Å². The summed E-state index contributed by atoms with van der Waals surface area (Å²) >= 11 is 3.40. The number of benzene rings is 2. The number of likely N-dealkylation sites (N-methyl/N-ethyl adjacent to an activating group) is 1. The lowest BCUT2D eigenvalue weighted by molar-refractivity contribution is -0.112. The number of carbonyl (C=O) groups excluding carboxylic acids is 2. The van der Waals surface area contributed by atoms with Crippen LogP contribution < -0.4 is 4.90 Å². The predicted molar refractivity (Wildman–Crippen MR) is 86.3 cm³/mol. The van der Waals surface area contributed by atoms with Gasteiger partial charge in [0.2, 0.25) is 0 Å². The maximum atomic E-state index is 12.3. The van der Waals surface area contributed by atoms with Crippen LogP contribution in [0.3, 0.4) is 0 Å². The van der Waals surface area contributed by atoms with E-state index in [1.54, 1.807) is 36.2 Å². The van der Waals surface area contributed by atoms with Gasteiger partial charge in [-0.25, -0.2) is 0 Å². The van der Waals surface area contributed by atoms with Gasteiger partial charge in [0, 0.05) is 22.6 Å². The van der Waals surface area contributed by atoms with Gasteiger partial charge in [0.15, 0.2) is 5.78 Å². The molecule has 3 rings (SSSR count). The van der Waals surface area contributed by atoms with E-state index in [0.29, 0.717) is 11.1 Å². The predicted octanol–water partition coefficient (Wildman–Crippen LogP) is 3.69. The highest BCUT2D eigenvalue weighted by molar-refractivity contribution is 9.10. The summed E-state index contributed by atoms with van der Waals surface area (Å²) in [5, 5.41) is 0. The van der Waals surface area contributed by atoms with Gasteiger partial charge in [0.25, 0.3) is 5.91 Å². The summed E-state index contributed by atoms with van der Waals surface area (Å²) in [7, 11) is 1.71. The quantitative estimate of drug-likeness (QED) is 0.617. The summed E-state index contributed by atoms with van der Waals surface area (Å²) in [4.78, 5) is 26.2. The molecule has 0 aliphatic carbocycles. The highest BCUT2D eigenvalue weighted by Gasteiger charge is 2.30. The molecule has 1 aliphatic heterocycles. The van der Waals surface area contributed by atoms with Gasteiger partial charge in [0.05, 0.1) is 11.3 Å². The Balaban J connectivity index is 2.07. The van der Waals surface area contributed by atoms with Gasteiger partial charge in [-0.3, -0.25) is 9.59 Å². The van der Waals surface area contributed by atoms with Crippen LogP contribution in [0.25, 0.3) is 5.57 Å². The minimum Gasteiger partial charge on any atom is -0.311 e. The minimum atomic E-state index is -0.167. The molecule has 0 unspecified atom stereocenters. The Bertz CT molecular complexity index is 766. The van der Waals surface area contributed by atoms with Crippen molar-refractivity contribution in [3.63, 3.8) is 0 Å². The van der Waals surface area contributed by atoms with Crippen molar-refractivity contribution in [3.05, 3.63) is 70.2 Å². The van der Waals surface area contributed by atoms with Gasteiger partial charge < -0.3 is 4.90 Å². The van der Waals surface area contributed by atoms with E-state index in [4.69, 9.17) is 0 Å². The number of nitrogens with zero attached hydrogens (tertiary/aromatic N) is 1. The van der Waals surface area contributed by atoms with Gasteiger partial charge in [-0.05, 0) is 24.3 Å². The monoisotopic (exact) mass is 341 g/mol. The van der Waals surface area contributed by atoms with Crippen LogP contribution in [0, 0.1) is 0 Å². The summed E-state index contributed by atoms with van der Waals surface area (Å²) in [6.45, 7) is 0. The van der Waals surface area contributed by atoms with Crippen LogP contribution in [0.15, 0.2) is 59.1 Å². The fraction of sp³-hybridized carbons (Fsp3) is 0.0588. The van der Waals surface area contributed by atoms with Gasteiger partial charge in [-0.2, -0.15) is 0 Å². The summed E-state index contributed by atoms with van der Waals surface area (Å²) in [5.41, 5.74) is 2.60. The minimum absolute atomic E-state index is 0.160. The third-order valence-corrected chi connectivity index (χ3v) is 3.97. The van der Waals surface area contributed by atoms with Gasteiger partial charge in [-0.15, -0.1) is 0 Å².